The Balaban J connectivity index is 1.42. The summed E-state index contributed by atoms with van der Waals surface area (Å²) in [5.41, 5.74) is 0. The van der Waals surface area contributed by atoms with E-state index in [0.717, 1.165) is 51.4 Å². The number of hydroxylamine groups is 1. The second-order valence-electron chi connectivity index (χ2n) is 12.3. The van der Waals surface area contributed by atoms with Crippen LogP contribution in [0, 0.1) is 23.7 Å². The van der Waals surface area contributed by atoms with E-state index in [0.29, 0.717) is 49.9 Å². The van der Waals surface area contributed by atoms with Crippen LogP contribution >= 0.6 is 45.9 Å². The molecule has 4 aromatic rings. The third-order valence-corrected chi connectivity index (χ3v) is 11.4. The number of thiazole rings is 2. The molecule has 254 valence electrons. The van der Waals surface area contributed by atoms with E-state index >= 15 is 4.79 Å². The van der Waals surface area contributed by atoms with E-state index in [4.69, 9.17) is 37.5 Å². The maximum absolute atomic E-state index is 15.2. The van der Waals surface area contributed by atoms with Gasteiger partial charge in [0.15, 0.2) is 17.0 Å². The van der Waals surface area contributed by atoms with Gasteiger partial charge < -0.3 is 14.3 Å². The summed E-state index contributed by atoms with van der Waals surface area (Å²) in [6, 6.07) is 12.0. The van der Waals surface area contributed by atoms with Gasteiger partial charge >= 0.3 is 0 Å². The van der Waals surface area contributed by atoms with E-state index in [2.05, 4.69) is 15.3 Å². The molecule has 2 aliphatic carbocycles. The molecule has 0 saturated heterocycles. The minimum Gasteiger partial charge on any atom is -0.497 e. The third kappa shape index (κ3) is 8.42. The highest BCUT2D eigenvalue weighted by molar-refractivity contribution is 7.14. The van der Waals surface area contributed by atoms with Crippen molar-refractivity contribution >= 4 is 68.0 Å². The zero-order valence-corrected chi connectivity index (χ0v) is 29.7. The molecule has 2 fully saturated rings. The summed E-state index contributed by atoms with van der Waals surface area (Å²) in [5.74, 6) is 0.218. The highest BCUT2D eigenvalue weighted by atomic mass is 35.5. The molecule has 0 bridgehead atoms. The first kappa shape index (κ1) is 34.5. The molecule has 0 radical (unpaired) electrons. The maximum atomic E-state index is 15.2. The number of halogens is 2. The van der Waals surface area contributed by atoms with E-state index < -0.39 is 17.9 Å². The molecule has 0 spiro atoms. The number of methoxy groups -OCH3 is 1. The monoisotopic (exact) mass is 728 g/mol. The van der Waals surface area contributed by atoms with Crippen molar-refractivity contribution in [2.45, 2.75) is 63.9 Å². The summed E-state index contributed by atoms with van der Waals surface area (Å²) in [7, 11) is 1.60. The van der Waals surface area contributed by atoms with Crippen LogP contribution in [0.1, 0.15) is 57.8 Å². The lowest BCUT2D eigenvalue weighted by atomic mass is 9.72. The van der Waals surface area contributed by atoms with E-state index in [1.807, 2.05) is 5.38 Å². The van der Waals surface area contributed by atoms with Gasteiger partial charge in [-0.15, -0.1) is 27.7 Å². The predicted molar refractivity (Wildman–Crippen MR) is 190 cm³/mol. The van der Waals surface area contributed by atoms with Gasteiger partial charge in [-0.3, -0.25) is 14.9 Å². The average Bonchev–Trinajstić information content (AvgIpc) is 3.94. The summed E-state index contributed by atoms with van der Waals surface area (Å²) in [6.45, 7) is 0. The molecule has 13 heteroatoms. The molecule has 3 atom stereocenters. The number of rotatable bonds is 14. The van der Waals surface area contributed by atoms with E-state index in [1.165, 1.54) is 27.7 Å². The van der Waals surface area contributed by atoms with Gasteiger partial charge in [0.05, 0.1) is 17.2 Å². The largest absolute Gasteiger partial charge is 0.497 e. The molecule has 2 amide bonds. The van der Waals surface area contributed by atoms with Crippen molar-refractivity contribution in [2.24, 2.45) is 23.7 Å². The van der Waals surface area contributed by atoms with Crippen LogP contribution in [-0.4, -0.2) is 35.0 Å². The van der Waals surface area contributed by atoms with Crippen LogP contribution in [0.25, 0.3) is 0 Å². The van der Waals surface area contributed by atoms with Gasteiger partial charge in [-0.2, -0.15) is 0 Å². The van der Waals surface area contributed by atoms with Crippen LogP contribution in [0.4, 0.5) is 10.3 Å². The first-order valence-corrected chi connectivity index (χ1v) is 18.8. The average molecular weight is 730 g/mol. The number of hydrogen-bond acceptors (Lipinski definition) is 9. The van der Waals surface area contributed by atoms with Gasteiger partial charge in [-0.25, -0.2) is 9.97 Å². The highest BCUT2D eigenvalue weighted by Crippen LogP contribution is 2.44. The third-order valence-electron chi connectivity index (χ3n) is 9.26. The van der Waals surface area contributed by atoms with Crippen molar-refractivity contribution in [3.63, 3.8) is 0 Å². The Hall–Kier alpha value is -3.38. The first-order valence-electron chi connectivity index (χ1n) is 16.3. The van der Waals surface area contributed by atoms with Crippen LogP contribution in [0.2, 0.25) is 10.0 Å². The summed E-state index contributed by atoms with van der Waals surface area (Å²) in [5, 5.41) is 9.40. The lowest BCUT2D eigenvalue weighted by Crippen LogP contribution is -2.51. The van der Waals surface area contributed by atoms with E-state index in [1.54, 1.807) is 67.3 Å². The number of anilines is 2. The van der Waals surface area contributed by atoms with Crippen molar-refractivity contribution in [3.8, 4) is 17.2 Å². The van der Waals surface area contributed by atoms with Crippen LogP contribution < -0.4 is 24.7 Å². The summed E-state index contributed by atoms with van der Waals surface area (Å²) in [4.78, 5) is 44.6. The number of amides is 2. The Kier molecular flexibility index (Phi) is 11.7. The number of benzene rings is 2. The SMILES string of the molecule is COc1ccc(OC(C(=O)Nc2nccs2)C(C2CCCC2)C(CC2CCCC2)C(=O)N(Oc2ccc(Cl)c(Cl)c2)c2nccs2)cc1. The van der Waals surface area contributed by atoms with E-state index in [9.17, 15) is 4.79 Å². The smallest absolute Gasteiger partial charge is 0.267 e. The quantitative estimate of drug-likeness (QED) is 0.129. The predicted octanol–water partition coefficient (Wildman–Crippen LogP) is 9.33. The fourth-order valence-electron chi connectivity index (χ4n) is 7.01. The van der Waals surface area contributed by atoms with Crippen LogP contribution in [-0.2, 0) is 9.59 Å². The van der Waals surface area contributed by atoms with Gasteiger partial charge in [0.25, 0.3) is 11.8 Å². The number of ether oxygens (including phenoxy) is 2. The van der Waals surface area contributed by atoms with Crippen LogP contribution in [0.3, 0.4) is 0 Å². The summed E-state index contributed by atoms with van der Waals surface area (Å²) >= 11 is 15.2. The molecule has 2 aromatic heterocycles. The van der Waals surface area contributed by atoms with Gasteiger partial charge in [0.1, 0.15) is 11.5 Å². The minimum absolute atomic E-state index is 0.0637. The maximum Gasteiger partial charge on any atom is 0.267 e. The number of nitrogens with zero attached hydrogens (tertiary/aromatic N) is 3. The lowest BCUT2D eigenvalue weighted by Gasteiger charge is -2.38. The minimum atomic E-state index is -0.996. The van der Waals surface area contributed by atoms with Crippen molar-refractivity contribution in [3.05, 3.63) is 75.7 Å². The van der Waals surface area contributed by atoms with Gasteiger partial charge in [0.2, 0.25) is 5.13 Å². The zero-order chi connectivity index (χ0) is 33.5. The van der Waals surface area contributed by atoms with Crippen molar-refractivity contribution in [2.75, 3.05) is 17.5 Å². The molecular weight excluding hydrogens is 691 g/mol. The van der Waals surface area contributed by atoms with Crippen molar-refractivity contribution in [1.82, 2.24) is 9.97 Å². The molecule has 0 aliphatic heterocycles. The molecule has 2 aromatic carbocycles. The summed E-state index contributed by atoms with van der Waals surface area (Å²) < 4.78 is 12.0. The Labute approximate surface area is 298 Å². The molecule has 2 saturated carbocycles. The molecule has 2 aliphatic rings. The van der Waals surface area contributed by atoms with Gasteiger partial charge in [0, 0.05) is 41.1 Å². The topological polar surface area (TPSA) is 103 Å². The molecule has 3 unspecified atom stereocenters. The van der Waals surface area contributed by atoms with Gasteiger partial charge in [-0.1, -0.05) is 74.6 Å². The normalized spacial score (nSPS) is 17.1. The molecular formula is C35H38Cl2N4O5S2. The molecule has 48 heavy (non-hydrogen) atoms. The standard InChI is InChI=1S/C35H38Cl2N4O5S2/c1-44-24-10-12-25(13-11-24)45-31(32(42)40-34-38-16-18-47-34)30(23-8-4-5-9-23)27(20-22-6-2-3-7-22)33(43)41(35-39-17-19-48-35)46-26-14-15-28(36)29(37)21-26/h10-19,21-23,27,30-31H,2-9,20H2,1H3,(H,38,40,42). The number of carbonyl (C=O) groups is 2. The zero-order valence-electron chi connectivity index (χ0n) is 26.6. The molecule has 2 heterocycles. The number of aromatic nitrogens is 2. The molecule has 9 nitrogen and oxygen atoms in total. The second kappa shape index (κ2) is 16.3. The Morgan fingerprint density at radius 2 is 1.56 bits per heavy atom. The summed E-state index contributed by atoms with van der Waals surface area (Å²) in [6.07, 6.45) is 11.0. The molecule has 1 N–H and O–H groups in total. The Morgan fingerprint density at radius 1 is 0.896 bits per heavy atom. The van der Waals surface area contributed by atoms with Crippen LogP contribution in [0.15, 0.2) is 65.6 Å². The van der Waals surface area contributed by atoms with Crippen molar-refractivity contribution in [1.29, 1.82) is 0 Å². The Bertz CT molecular complexity index is 1630. The van der Waals surface area contributed by atoms with E-state index in [-0.39, 0.29) is 17.7 Å². The number of carbonyl (C=O) groups excluding carboxylic acids is 2. The fraction of sp³-hybridized carbons (Fsp3) is 0.429. The molecule has 6 rings (SSSR count). The fourth-order valence-corrected chi connectivity index (χ4v) is 8.42. The second-order valence-corrected chi connectivity index (χ2v) is 14.9. The number of nitrogens with one attached hydrogen (secondary N) is 1. The lowest BCUT2D eigenvalue weighted by molar-refractivity contribution is -0.136. The van der Waals surface area contributed by atoms with Gasteiger partial charge in [-0.05, 0) is 54.7 Å². The van der Waals surface area contributed by atoms with Crippen molar-refractivity contribution < 1.29 is 23.9 Å². The Morgan fingerprint density at radius 3 is 2.21 bits per heavy atom. The van der Waals surface area contributed by atoms with Crippen LogP contribution in [0.5, 0.6) is 17.2 Å². The first-order chi connectivity index (χ1) is 23.4. The highest BCUT2D eigenvalue weighted by Gasteiger charge is 2.48. The number of hydrogen-bond donors (Lipinski definition) is 1.